The van der Waals surface area contributed by atoms with Crippen molar-refractivity contribution in [3.8, 4) is 17.0 Å². The molecule has 8 heteroatoms. The van der Waals surface area contributed by atoms with Crippen LogP contribution in [0.25, 0.3) is 11.3 Å². The molecule has 2 heterocycles. The van der Waals surface area contributed by atoms with E-state index in [-0.39, 0.29) is 0 Å². The second-order valence-corrected chi connectivity index (χ2v) is 9.09. The van der Waals surface area contributed by atoms with Gasteiger partial charge >= 0.3 is 0 Å². The summed E-state index contributed by atoms with van der Waals surface area (Å²) in [5.41, 5.74) is 2.67. The summed E-state index contributed by atoms with van der Waals surface area (Å²) in [7, 11) is -1.97. The Kier molecular flexibility index (Phi) is 5.69. The molecule has 1 aromatic heterocycles. The van der Waals surface area contributed by atoms with E-state index < -0.39 is 10.0 Å². The van der Waals surface area contributed by atoms with E-state index in [1.807, 2.05) is 43.3 Å². The second kappa shape index (κ2) is 8.41. The molecule has 2 aromatic carbocycles. The van der Waals surface area contributed by atoms with Crippen LogP contribution in [0.15, 0.2) is 65.8 Å². The molecule has 30 heavy (non-hydrogen) atoms. The predicted molar refractivity (Wildman–Crippen MR) is 116 cm³/mol. The fourth-order valence-electron chi connectivity index (χ4n) is 3.60. The van der Waals surface area contributed by atoms with Crippen LogP contribution in [0.3, 0.4) is 0 Å². The lowest BCUT2D eigenvalue weighted by molar-refractivity contribution is 0.383. The summed E-state index contributed by atoms with van der Waals surface area (Å²) in [6.07, 6.45) is 1.56. The van der Waals surface area contributed by atoms with Crippen LogP contribution in [0.2, 0.25) is 0 Å². The topological polar surface area (TPSA) is 75.6 Å². The minimum absolute atomic E-state index is 0.294. The molecule has 0 radical (unpaired) electrons. The van der Waals surface area contributed by atoms with Gasteiger partial charge in [-0.1, -0.05) is 30.3 Å². The highest BCUT2D eigenvalue weighted by atomic mass is 32.2. The third-order valence-corrected chi connectivity index (χ3v) is 7.18. The minimum Gasteiger partial charge on any atom is -0.496 e. The van der Waals surface area contributed by atoms with Crippen molar-refractivity contribution in [3.05, 3.63) is 66.5 Å². The fourth-order valence-corrected chi connectivity index (χ4v) is 5.11. The SMILES string of the molecule is COc1ccc(S(=O)(=O)N2CCN(c3cc(-c4ccccc4)ncn3)CC2)cc1C. The Bertz CT molecular complexity index is 1130. The fraction of sp³-hybridized carbons (Fsp3) is 0.273. The lowest BCUT2D eigenvalue weighted by Gasteiger charge is -2.34. The lowest BCUT2D eigenvalue weighted by Crippen LogP contribution is -2.48. The number of anilines is 1. The van der Waals surface area contributed by atoms with Crippen molar-refractivity contribution in [1.82, 2.24) is 14.3 Å². The molecular weight excluding hydrogens is 400 g/mol. The quantitative estimate of drug-likeness (QED) is 0.627. The molecule has 0 aliphatic carbocycles. The molecule has 0 saturated carbocycles. The summed E-state index contributed by atoms with van der Waals surface area (Å²) in [4.78, 5) is 11.2. The summed E-state index contributed by atoms with van der Waals surface area (Å²) in [6.45, 7) is 3.78. The van der Waals surface area contributed by atoms with Crippen molar-refractivity contribution in [1.29, 1.82) is 0 Å². The minimum atomic E-state index is -3.55. The van der Waals surface area contributed by atoms with Gasteiger partial charge in [0.25, 0.3) is 0 Å². The maximum Gasteiger partial charge on any atom is 0.243 e. The summed E-state index contributed by atoms with van der Waals surface area (Å²) >= 11 is 0. The number of hydrogen-bond acceptors (Lipinski definition) is 6. The van der Waals surface area contributed by atoms with E-state index in [0.29, 0.717) is 36.8 Å². The molecule has 0 bridgehead atoms. The number of ether oxygens (including phenoxy) is 1. The normalized spacial score (nSPS) is 15.2. The zero-order valence-electron chi connectivity index (χ0n) is 17.0. The highest BCUT2D eigenvalue weighted by Crippen LogP contribution is 2.26. The van der Waals surface area contributed by atoms with Gasteiger partial charge in [0.2, 0.25) is 10.0 Å². The Morgan fingerprint density at radius 3 is 2.33 bits per heavy atom. The molecule has 1 fully saturated rings. The van der Waals surface area contributed by atoms with Crippen molar-refractivity contribution in [2.24, 2.45) is 0 Å². The Labute approximate surface area is 177 Å². The number of aromatic nitrogens is 2. The molecule has 0 unspecified atom stereocenters. The van der Waals surface area contributed by atoms with Crippen LogP contribution in [0.4, 0.5) is 5.82 Å². The third-order valence-electron chi connectivity index (χ3n) is 5.29. The average molecular weight is 425 g/mol. The summed E-state index contributed by atoms with van der Waals surface area (Å²) < 4.78 is 32.9. The number of sulfonamides is 1. The molecule has 1 saturated heterocycles. The summed E-state index contributed by atoms with van der Waals surface area (Å²) in [6, 6.07) is 16.8. The predicted octanol–water partition coefficient (Wildman–Crippen LogP) is 2.97. The van der Waals surface area contributed by atoms with Crippen molar-refractivity contribution in [2.75, 3.05) is 38.2 Å². The van der Waals surface area contributed by atoms with Crippen LogP contribution < -0.4 is 9.64 Å². The summed E-state index contributed by atoms with van der Waals surface area (Å²) in [5.74, 6) is 1.48. The van der Waals surface area contributed by atoms with Crippen LogP contribution in [-0.2, 0) is 10.0 Å². The van der Waals surface area contributed by atoms with Crippen molar-refractivity contribution in [2.45, 2.75) is 11.8 Å². The van der Waals surface area contributed by atoms with Gasteiger partial charge in [-0.05, 0) is 30.7 Å². The number of rotatable bonds is 5. The average Bonchev–Trinajstić information content (AvgIpc) is 2.80. The highest BCUT2D eigenvalue weighted by Gasteiger charge is 2.29. The first-order valence-corrected chi connectivity index (χ1v) is 11.2. The Morgan fingerprint density at radius 2 is 1.67 bits per heavy atom. The van der Waals surface area contributed by atoms with E-state index in [1.165, 1.54) is 4.31 Å². The van der Waals surface area contributed by atoms with E-state index in [0.717, 1.165) is 22.6 Å². The van der Waals surface area contributed by atoms with Crippen molar-refractivity contribution in [3.63, 3.8) is 0 Å². The Hall–Kier alpha value is -2.97. The zero-order chi connectivity index (χ0) is 21.1. The molecule has 1 aliphatic heterocycles. The number of hydrogen-bond donors (Lipinski definition) is 0. The van der Waals surface area contributed by atoms with Gasteiger partial charge in [0.05, 0.1) is 17.7 Å². The van der Waals surface area contributed by atoms with Gasteiger partial charge in [-0.15, -0.1) is 0 Å². The molecule has 156 valence electrons. The Morgan fingerprint density at radius 1 is 0.933 bits per heavy atom. The van der Waals surface area contributed by atoms with E-state index in [9.17, 15) is 8.42 Å². The van der Waals surface area contributed by atoms with Gasteiger partial charge < -0.3 is 9.64 Å². The first-order chi connectivity index (χ1) is 14.5. The highest BCUT2D eigenvalue weighted by molar-refractivity contribution is 7.89. The molecule has 1 aliphatic rings. The zero-order valence-corrected chi connectivity index (χ0v) is 17.8. The van der Waals surface area contributed by atoms with Crippen molar-refractivity contribution < 1.29 is 13.2 Å². The molecule has 4 rings (SSSR count). The van der Waals surface area contributed by atoms with Crippen molar-refractivity contribution >= 4 is 15.8 Å². The van der Waals surface area contributed by atoms with Gasteiger partial charge in [0.15, 0.2) is 0 Å². The molecule has 0 spiro atoms. The van der Waals surface area contributed by atoms with Gasteiger partial charge in [0.1, 0.15) is 17.9 Å². The van der Waals surface area contributed by atoms with E-state index in [1.54, 1.807) is 31.6 Å². The third kappa shape index (κ3) is 4.01. The Balaban J connectivity index is 1.48. The standard InChI is InChI=1S/C22H24N4O3S/c1-17-14-19(8-9-21(17)29-2)30(27,28)26-12-10-25(11-13-26)22-15-20(23-16-24-22)18-6-4-3-5-7-18/h3-9,14-16H,10-13H2,1-2H3. The molecule has 7 nitrogen and oxygen atoms in total. The van der Waals surface area contributed by atoms with Crippen LogP contribution in [0.1, 0.15) is 5.56 Å². The van der Waals surface area contributed by atoms with Gasteiger partial charge in [0, 0.05) is 37.8 Å². The first-order valence-electron chi connectivity index (χ1n) is 9.76. The molecule has 0 atom stereocenters. The number of aryl methyl sites for hydroxylation is 1. The smallest absolute Gasteiger partial charge is 0.243 e. The maximum atomic E-state index is 13.1. The number of benzene rings is 2. The number of methoxy groups -OCH3 is 1. The van der Waals surface area contributed by atoms with Gasteiger partial charge in [-0.3, -0.25) is 0 Å². The number of piperazine rings is 1. The van der Waals surface area contributed by atoms with Crippen LogP contribution in [-0.4, -0.2) is 56.0 Å². The molecular formula is C22H24N4O3S. The second-order valence-electron chi connectivity index (χ2n) is 7.15. The molecule has 3 aromatic rings. The van der Waals surface area contributed by atoms with Crippen LogP contribution >= 0.6 is 0 Å². The van der Waals surface area contributed by atoms with Crippen LogP contribution in [0, 0.1) is 6.92 Å². The number of nitrogens with zero attached hydrogens (tertiary/aromatic N) is 4. The largest absolute Gasteiger partial charge is 0.496 e. The van der Waals surface area contributed by atoms with Gasteiger partial charge in [-0.25, -0.2) is 18.4 Å². The van der Waals surface area contributed by atoms with E-state index >= 15 is 0 Å². The molecule has 0 N–H and O–H groups in total. The maximum absolute atomic E-state index is 13.1. The van der Waals surface area contributed by atoms with Crippen LogP contribution in [0.5, 0.6) is 5.75 Å². The van der Waals surface area contributed by atoms with Gasteiger partial charge in [-0.2, -0.15) is 4.31 Å². The van der Waals surface area contributed by atoms with E-state index in [4.69, 9.17) is 4.74 Å². The monoisotopic (exact) mass is 424 g/mol. The first kappa shape index (κ1) is 20.3. The lowest BCUT2D eigenvalue weighted by atomic mass is 10.1. The van der Waals surface area contributed by atoms with E-state index in [2.05, 4.69) is 14.9 Å². The molecule has 0 amide bonds. The summed E-state index contributed by atoms with van der Waals surface area (Å²) in [5, 5.41) is 0.